The smallest absolute Gasteiger partial charge is 0.233 e. The second-order valence-corrected chi connectivity index (χ2v) is 5.78. The van der Waals surface area contributed by atoms with Gasteiger partial charge in [-0.15, -0.1) is 0 Å². The van der Waals surface area contributed by atoms with Gasteiger partial charge >= 0.3 is 0 Å². The molecule has 3 saturated heterocycles. The van der Waals surface area contributed by atoms with Gasteiger partial charge in [-0.2, -0.15) is 0 Å². The molecule has 3 fully saturated rings. The van der Waals surface area contributed by atoms with Gasteiger partial charge in [0.1, 0.15) is 6.10 Å². The Hall–Kier alpha value is -1.53. The molecule has 106 valence electrons. The van der Waals surface area contributed by atoms with Gasteiger partial charge in [-0.3, -0.25) is 19.3 Å². The van der Waals surface area contributed by atoms with E-state index in [1.54, 1.807) is 0 Å². The van der Waals surface area contributed by atoms with Gasteiger partial charge in [0.05, 0.1) is 24.5 Å². The summed E-state index contributed by atoms with van der Waals surface area (Å²) in [5.41, 5.74) is 0. The molecule has 6 heteroatoms. The number of hydrogen-bond donors (Lipinski definition) is 0. The minimum absolute atomic E-state index is 0.152. The number of carbonyl (C=O) groups excluding carboxylic acids is 3. The number of Topliss-reactive ketones (excluding diaryl/α,β-unsaturated/α-hetero) is 1. The van der Waals surface area contributed by atoms with Crippen molar-refractivity contribution in [2.24, 2.45) is 11.8 Å². The van der Waals surface area contributed by atoms with Crippen LogP contribution in [0.15, 0.2) is 12.2 Å². The van der Waals surface area contributed by atoms with E-state index in [-0.39, 0.29) is 48.6 Å². The molecule has 5 atom stereocenters. The third-order valence-corrected chi connectivity index (χ3v) is 4.69. The fourth-order valence-corrected chi connectivity index (χ4v) is 3.63. The number of ether oxygens (including phenoxy) is 2. The van der Waals surface area contributed by atoms with Crippen molar-refractivity contribution in [3.63, 3.8) is 0 Å². The summed E-state index contributed by atoms with van der Waals surface area (Å²) in [5.74, 6) is -1.02. The monoisotopic (exact) mass is 277 g/mol. The van der Waals surface area contributed by atoms with Gasteiger partial charge in [0.15, 0.2) is 5.78 Å². The molecule has 20 heavy (non-hydrogen) atoms. The first-order valence-electron chi connectivity index (χ1n) is 6.98. The van der Waals surface area contributed by atoms with Crippen molar-refractivity contribution < 1.29 is 23.9 Å². The van der Waals surface area contributed by atoms with Gasteiger partial charge in [-0.25, -0.2) is 0 Å². The molecular weight excluding hydrogens is 262 g/mol. The van der Waals surface area contributed by atoms with E-state index in [1.807, 2.05) is 12.2 Å². The standard InChI is InChI=1S/C14H15NO5/c16-10-5-9(11-6-19-14(10)20-11)15-12(17)7-3-1-2-4-8(7)13(15)18/h1-2,7-9,11,14H,3-6H2. The summed E-state index contributed by atoms with van der Waals surface area (Å²) in [6, 6.07) is -0.494. The molecule has 0 radical (unpaired) electrons. The zero-order chi connectivity index (χ0) is 13.9. The van der Waals surface area contributed by atoms with E-state index in [1.165, 1.54) is 4.90 Å². The van der Waals surface area contributed by atoms with Gasteiger partial charge in [0.25, 0.3) is 0 Å². The summed E-state index contributed by atoms with van der Waals surface area (Å²) < 4.78 is 10.7. The van der Waals surface area contributed by atoms with Crippen LogP contribution in [0.3, 0.4) is 0 Å². The average Bonchev–Trinajstić information content (AvgIpc) is 2.99. The van der Waals surface area contributed by atoms with E-state index in [4.69, 9.17) is 9.47 Å². The Morgan fingerprint density at radius 3 is 2.35 bits per heavy atom. The number of imide groups is 1. The first-order chi connectivity index (χ1) is 9.66. The number of hydrogen-bond acceptors (Lipinski definition) is 5. The Labute approximate surface area is 115 Å². The fourth-order valence-electron chi connectivity index (χ4n) is 3.63. The summed E-state index contributed by atoms with van der Waals surface area (Å²) in [5, 5.41) is 0. The lowest BCUT2D eigenvalue weighted by Gasteiger charge is -2.32. The van der Waals surface area contributed by atoms with Crippen LogP contribution >= 0.6 is 0 Å². The molecule has 0 N–H and O–H groups in total. The molecular formula is C14H15NO5. The third kappa shape index (κ3) is 1.55. The van der Waals surface area contributed by atoms with Gasteiger partial charge in [0.2, 0.25) is 18.1 Å². The Morgan fingerprint density at radius 1 is 1.05 bits per heavy atom. The molecule has 1 aliphatic carbocycles. The van der Waals surface area contributed by atoms with Gasteiger partial charge < -0.3 is 9.47 Å². The van der Waals surface area contributed by atoms with E-state index in [0.717, 1.165) is 0 Å². The summed E-state index contributed by atoms with van der Waals surface area (Å²) in [7, 11) is 0. The molecule has 3 aliphatic heterocycles. The predicted octanol–water partition coefficient (Wildman–Crippen LogP) is 0.0205. The van der Waals surface area contributed by atoms with E-state index in [9.17, 15) is 14.4 Å². The highest BCUT2D eigenvalue weighted by atomic mass is 16.7. The van der Waals surface area contributed by atoms with E-state index in [2.05, 4.69) is 0 Å². The second-order valence-electron chi connectivity index (χ2n) is 5.78. The topological polar surface area (TPSA) is 72.9 Å². The fraction of sp³-hybridized carbons (Fsp3) is 0.643. The highest BCUT2D eigenvalue weighted by Crippen LogP contribution is 2.39. The van der Waals surface area contributed by atoms with Crippen molar-refractivity contribution in [1.82, 2.24) is 4.90 Å². The maximum absolute atomic E-state index is 12.5. The van der Waals surface area contributed by atoms with Crippen molar-refractivity contribution in [1.29, 1.82) is 0 Å². The quantitative estimate of drug-likeness (QED) is 0.499. The zero-order valence-electron chi connectivity index (χ0n) is 10.9. The largest absolute Gasteiger partial charge is 0.343 e. The number of allylic oxidation sites excluding steroid dienone is 2. The number of fused-ring (bicyclic) bond motifs is 3. The highest BCUT2D eigenvalue weighted by molar-refractivity contribution is 6.06. The SMILES string of the molecule is O=C1CC(N2C(=O)C3CC=CCC3C2=O)C2COC1O2. The summed E-state index contributed by atoms with van der Waals surface area (Å²) in [6.07, 6.45) is 4.11. The normalized spacial score (nSPS) is 43.3. The summed E-state index contributed by atoms with van der Waals surface area (Å²) >= 11 is 0. The van der Waals surface area contributed by atoms with Crippen molar-refractivity contribution in [3.8, 4) is 0 Å². The summed E-state index contributed by atoms with van der Waals surface area (Å²) in [6.45, 7) is 0.270. The van der Waals surface area contributed by atoms with Crippen LogP contribution < -0.4 is 0 Å². The highest BCUT2D eigenvalue weighted by Gasteiger charge is 2.55. The van der Waals surface area contributed by atoms with Crippen LogP contribution in [-0.2, 0) is 23.9 Å². The molecule has 6 nitrogen and oxygen atoms in total. The molecule has 2 bridgehead atoms. The van der Waals surface area contributed by atoms with Crippen LogP contribution in [0, 0.1) is 11.8 Å². The first kappa shape index (κ1) is 12.2. The Morgan fingerprint density at radius 2 is 1.70 bits per heavy atom. The van der Waals surface area contributed by atoms with Crippen LogP contribution in [0.2, 0.25) is 0 Å². The number of likely N-dealkylation sites (tertiary alicyclic amines) is 1. The molecule has 0 aromatic carbocycles. The number of nitrogens with zero attached hydrogens (tertiary/aromatic N) is 1. The first-order valence-corrected chi connectivity index (χ1v) is 6.98. The Kier molecular flexibility index (Phi) is 2.59. The van der Waals surface area contributed by atoms with E-state index >= 15 is 0 Å². The molecule has 0 spiro atoms. The van der Waals surface area contributed by atoms with Crippen molar-refractivity contribution in [2.45, 2.75) is 37.7 Å². The van der Waals surface area contributed by atoms with Crippen LogP contribution in [-0.4, -0.2) is 47.5 Å². The molecule has 4 aliphatic rings. The van der Waals surface area contributed by atoms with E-state index < -0.39 is 12.3 Å². The number of rotatable bonds is 1. The maximum Gasteiger partial charge on any atom is 0.233 e. The van der Waals surface area contributed by atoms with Gasteiger partial charge in [-0.1, -0.05) is 12.2 Å². The molecule has 0 saturated carbocycles. The molecule has 0 aromatic heterocycles. The number of amides is 2. The minimum atomic E-state index is -0.798. The molecule has 0 aromatic rings. The summed E-state index contributed by atoms with van der Waals surface area (Å²) in [4.78, 5) is 38.1. The molecule has 2 amide bonds. The van der Waals surface area contributed by atoms with Crippen molar-refractivity contribution >= 4 is 17.6 Å². The predicted molar refractivity (Wildman–Crippen MR) is 65.2 cm³/mol. The third-order valence-electron chi connectivity index (χ3n) is 4.69. The number of carbonyl (C=O) groups is 3. The van der Waals surface area contributed by atoms with Crippen molar-refractivity contribution in [3.05, 3.63) is 12.2 Å². The van der Waals surface area contributed by atoms with Gasteiger partial charge in [-0.05, 0) is 12.8 Å². The molecule has 5 unspecified atom stereocenters. The molecule has 3 heterocycles. The average molecular weight is 277 g/mol. The van der Waals surface area contributed by atoms with Crippen LogP contribution in [0.5, 0.6) is 0 Å². The second kappa shape index (κ2) is 4.23. The van der Waals surface area contributed by atoms with Crippen LogP contribution in [0.4, 0.5) is 0 Å². The lowest BCUT2D eigenvalue weighted by Crippen LogP contribution is -2.52. The van der Waals surface area contributed by atoms with E-state index in [0.29, 0.717) is 12.8 Å². The van der Waals surface area contributed by atoms with Crippen LogP contribution in [0.25, 0.3) is 0 Å². The lowest BCUT2D eigenvalue weighted by molar-refractivity contribution is -0.163. The minimum Gasteiger partial charge on any atom is -0.343 e. The molecule has 4 rings (SSSR count). The lowest BCUT2D eigenvalue weighted by atomic mass is 9.85. The Bertz CT molecular complexity index is 502. The van der Waals surface area contributed by atoms with Crippen LogP contribution in [0.1, 0.15) is 19.3 Å². The zero-order valence-corrected chi connectivity index (χ0v) is 10.9. The number of ketones is 1. The van der Waals surface area contributed by atoms with Crippen molar-refractivity contribution in [2.75, 3.05) is 6.61 Å². The Balaban J connectivity index is 1.64. The maximum atomic E-state index is 12.5. The van der Waals surface area contributed by atoms with Gasteiger partial charge in [0, 0.05) is 6.42 Å².